The largest absolute Gasteiger partial charge is 0.492 e. The predicted molar refractivity (Wildman–Crippen MR) is 102 cm³/mol. The Kier molecular flexibility index (Phi) is 5.85. The second-order valence-corrected chi connectivity index (χ2v) is 8.87. The van der Waals surface area contributed by atoms with Crippen molar-refractivity contribution in [1.29, 1.82) is 0 Å². The Morgan fingerprint density at radius 1 is 1.32 bits per heavy atom. The molecular weight excluding hydrogens is 357 g/mol. The molecule has 0 aliphatic heterocycles. The van der Waals surface area contributed by atoms with Gasteiger partial charge in [0.05, 0.1) is 11.6 Å². The van der Waals surface area contributed by atoms with E-state index < -0.39 is 0 Å². The van der Waals surface area contributed by atoms with Crippen LogP contribution in [0.25, 0.3) is 0 Å². The molecule has 1 aromatic carbocycles. The Hall–Kier alpha value is -0.930. The third-order valence-electron chi connectivity index (χ3n) is 6.26. The lowest BCUT2D eigenvalue weighted by Crippen LogP contribution is -2.54. The minimum Gasteiger partial charge on any atom is -0.492 e. The van der Waals surface area contributed by atoms with Crippen LogP contribution in [-0.4, -0.2) is 19.1 Å². The second-order valence-electron chi connectivity index (χ2n) is 8.03. The minimum absolute atomic E-state index is 0.116. The average Bonchev–Trinajstić information content (AvgIpc) is 2.58. The van der Waals surface area contributed by atoms with Crippen molar-refractivity contribution >= 4 is 29.1 Å². The SMILES string of the molecule is CC1(C)[C@H]2CC[C@@H](CNC(=O)CCCOc3ccc(Cl)cc3Cl)[C@H]1C2. The molecule has 0 aromatic heterocycles. The molecule has 3 nitrogen and oxygen atoms in total. The number of fused-ring (bicyclic) bond motifs is 2. The van der Waals surface area contributed by atoms with Crippen LogP contribution in [0.3, 0.4) is 0 Å². The lowest BCUT2D eigenvalue weighted by molar-refractivity contribution is -0.125. The zero-order valence-corrected chi connectivity index (χ0v) is 16.5. The van der Waals surface area contributed by atoms with E-state index in [1.54, 1.807) is 18.2 Å². The molecule has 2 bridgehead atoms. The Morgan fingerprint density at radius 3 is 2.80 bits per heavy atom. The van der Waals surface area contributed by atoms with Gasteiger partial charge < -0.3 is 10.1 Å². The van der Waals surface area contributed by atoms with E-state index in [2.05, 4.69) is 19.2 Å². The van der Waals surface area contributed by atoms with E-state index >= 15 is 0 Å². The number of carbonyl (C=O) groups excluding carboxylic acids is 1. The Labute approximate surface area is 160 Å². The fourth-order valence-corrected chi connectivity index (χ4v) is 5.01. The highest BCUT2D eigenvalue weighted by Gasteiger charge is 2.53. The third-order valence-corrected chi connectivity index (χ3v) is 6.79. The summed E-state index contributed by atoms with van der Waals surface area (Å²) < 4.78 is 5.62. The van der Waals surface area contributed by atoms with E-state index in [1.807, 2.05) is 0 Å². The number of benzene rings is 1. The van der Waals surface area contributed by atoms with Crippen LogP contribution in [0.4, 0.5) is 0 Å². The van der Waals surface area contributed by atoms with E-state index in [4.69, 9.17) is 27.9 Å². The second kappa shape index (κ2) is 7.75. The molecule has 3 aliphatic carbocycles. The molecule has 3 aliphatic rings. The van der Waals surface area contributed by atoms with Crippen molar-refractivity contribution < 1.29 is 9.53 Å². The maximum absolute atomic E-state index is 12.1. The van der Waals surface area contributed by atoms with Gasteiger partial charge >= 0.3 is 0 Å². The van der Waals surface area contributed by atoms with Gasteiger partial charge in [-0.25, -0.2) is 0 Å². The quantitative estimate of drug-likeness (QED) is 0.645. The number of nitrogens with one attached hydrogen (secondary N) is 1. The van der Waals surface area contributed by atoms with Crippen molar-refractivity contribution in [2.24, 2.45) is 23.2 Å². The molecule has 0 radical (unpaired) electrons. The molecule has 0 unspecified atom stereocenters. The maximum Gasteiger partial charge on any atom is 0.220 e. The molecule has 5 heteroatoms. The predicted octanol–water partition coefficient (Wildman–Crippen LogP) is 5.34. The average molecular weight is 384 g/mol. The highest BCUT2D eigenvalue weighted by molar-refractivity contribution is 6.35. The number of hydrogen-bond acceptors (Lipinski definition) is 2. The monoisotopic (exact) mass is 383 g/mol. The third kappa shape index (κ3) is 4.25. The summed E-state index contributed by atoms with van der Waals surface area (Å²) in [6.45, 7) is 6.07. The highest BCUT2D eigenvalue weighted by atomic mass is 35.5. The topological polar surface area (TPSA) is 38.3 Å². The van der Waals surface area contributed by atoms with Gasteiger partial charge in [0.25, 0.3) is 0 Å². The molecule has 1 N–H and O–H groups in total. The molecule has 138 valence electrons. The Morgan fingerprint density at radius 2 is 2.12 bits per heavy atom. The van der Waals surface area contributed by atoms with E-state index in [0.29, 0.717) is 46.6 Å². The highest BCUT2D eigenvalue weighted by Crippen LogP contribution is 2.61. The fourth-order valence-electron chi connectivity index (χ4n) is 4.55. The van der Waals surface area contributed by atoms with E-state index in [9.17, 15) is 4.79 Å². The Bertz CT molecular complexity index is 630. The lowest BCUT2D eigenvalue weighted by atomic mass is 9.45. The van der Waals surface area contributed by atoms with Gasteiger partial charge in [-0.2, -0.15) is 0 Å². The van der Waals surface area contributed by atoms with E-state index in [1.165, 1.54) is 19.3 Å². The van der Waals surface area contributed by atoms with Gasteiger partial charge in [0.15, 0.2) is 0 Å². The van der Waals surface area contributed by atoms with Crippen LogP contribution < -0.4 is 10.1 Å². The van der Waals surface area contributed by atoms with Crippen LogP contribution in [0, 0.1) is 23.2 Å². The van der Waals surface area contributed by atoms with Gasteiger partial charge in [-0.1, -0.05) is 37.0 Å². The van der Waals surface area contributed by atoms with Crippen molar-refractivity contribution in [2.75, 3.05) is 13.2 Å². The molecule has 0 spiro atoms. The van der Waals surface area contributed by atoms with Crippen molar-refractivity contribution in [3.05, 3.63) is 28.2 Å². The Balaban J connectivity index is 1.33. The summed E-state index contributed by atoms with van der Waals surface area (Å²) in [6, 6.07) is 5.15. The number of hydrogen-bond donors (Lipinski definition) is 1. The van der Waals surface area contributed by atoms with Gasteiger partial charge in [0, 0.05) is 18.0 Å². The zero-order chi connectivity index (χ0) is 18.0. The molecule has 3 atom stereocenters. The summed E-state index contributed by atoms with van der Waals surface area (Å²) in [4.78, 5) is 12.1. The number of amides is 1. The van der Waals surface area contributed by atoms with Crippen LogP contribution in [-0.2, 0) is 4.79 Å². The molecule has 4 rings (SSSR count). The van der Waals surface area contributed by atoms with Crippen LogP contribution in [0.15, 0.2) is 18.2 Å². The number of rotatable bonds is 7. The smallest absolute Gasteiger partial charge is 0.220 e. The van der Waals surface area contributed by atoms with Gasteiger partial charge in [-0.3, -0.25) is 4.79 Å². The molecule has 0 heterocycles. The van der Waals surface area contributed by atoms with Gasteiger partial charge in [-0.15, -0.1) is 0 Å². The van der Waals surface area contributed by atoms with Crippen molar-refractivity contribution in [2.45, 2.75) is 46.0 Å². The number of halogens is 2. The molecule has 25 heavy (non-hydrogen) atoms. The molecule has 1 amide bonds. The van der Waals surface area contributed by atoms with Crippen LogP contribution in [0.5, 0.6) is 5.75 Å². The summed E-state index contributed by atoms with van der Waals surface area (Å²) in [5, 5.41) is 4.20. The summed E-state index contributed by atoms with van der Waals surface area (Å²) >= 11 is 11.9. The van der Waals surface area contributed by atoms with Crippen LogP contribution in [0.1, 0.15) is 46.0 Å². The van der Waals surface area contributed by atoms with Gasteiger partial charge in [0.2, 0.25) is 5.91 Å². The summed E-state index contributed by atoms with van der Waals surface area (Å²) in [5.41, 5.74) is 0.472. The minimum atomic E-state index is 0.116. The first kappa shape index (κ1) is 18.8. The molecule has 1 aromatic rings. The van der Waals surface area contributed by atoms with Gasteiger partial charge in [0.1, 0.15) is 5.75 Å². The molecule has 3 fully saturated rings. The standard InChI is InChI=1S/C20H27Cl2NO2/c1-20(2)14-6-5-13(16(20)10-14)12-23-19(24)4-3-9-25-18-8-7-15(21)11-17(18)22/h7-8,11,13-14,16H,3-6,9-10,12H2,1-2H3,(H,23,24)/t13-,14-,16+/m0/s1. The lowest BCUT2D eigenvalue weighted by Gasteiger charge is -2.60. The normalized spacial score (nSPS) is 26.6. The summed E-state index contributed by atoms with van der Waals surface area (Å²) in [5.74, 6) is 3.05. The molecule has 0 saturated heterocycles. The fraction of sp³-hybridized carbons (Fsp3) is 0.650. The molecule has 3 saturated carbocycles. The van der Waals surface area contributed by atoms with E-state index in [0.717, 1.165) is 18.4 Å². The number of carbonyl (C=O) groups is 1. The van der Waals surface area contributed by atoms with Crippen molar-refractivity contribution in [3.8, 4) is 5.75 Å². The zero-order valence-electron chi connectivity index (χ0n) is 15.0. The first-order chi connectivity index (χ1) is 11.9. The summed E-state index contributed by atoms with van der Waals surface area (Å²) in [6.07, 6.45) is 5.08. The summed E-state index contributed by atoms with van der Waals surface area (Å²) in [7, 11) is 0. The van der Waals surface area contributed by atoms with Gasteiger partial charge in [-0.05, 0) is 67.1 Å². The number of ether oxygens (including phenoxy) is 1. The van der Waals surface area contributed by atoms with Crippen molar-refractivity contribution in [1.82, 2.24) is 5.32 Å². The first-order valence-corrected chi connectivity index (χ1v) is 9.98. The molecular formula is C20H27Cl2NO2. The first-order valence-electron chi connectivity index (χ1n) is 9.22. The van der Waals surface area contributed by atoms with Crippen LogP contribution >= 0.6 is 23.2 Å². The van der Waals surface area contributed by atoms with Crippen LogP contribution in [0.2, 0.25) is 10.0 Å². The maximum atomic E-state index is 12.1. The van der Waals surface area contributed by atoms with Crippen molar-refractivity contribution in [3.63, 3.8) is 0 Å². The van der Waals surface area contributed by atoms with E-state index in [-0.39, 0.29) is 5.91 Å².